The number of fused-ring (bicyclic) bond motifs is 1. The number of amides is 1. The summed E-state index contributed by atoms with van der Waals surface area (Å²) in [5.41, 5.74) is 3.99. The lowest BCUT2D eigenvalue weighted by Crippen LogP contribution is -2.27. The van der Waals surface area contributed by atoms with E-state index in [-0.39, 0.29) is 17.6 Å². The number of halogens is 1. The van der Waals surface area contributed by atoms with Gasteiger partial charge in [0.05, 0.1) is 28.5 Å². The van der Waals surface area contributed by atoms with E-state index in [9.17, 15) is 9.18 Å². The zero-order chi connectivity index (χ0) is 21.4. The van der Waals surface area contributed by atoms with E-state index in [1.54, 1.807) is 42.2 Å². The number of carbonyl (C=O) groups is 1. The second-order valence-electron chi connectivity index (χ2n) is 7.61. The monoisotopic (exact) mass is 402 g/mol. The highest BCUT2D eigenvalue weighted by Crippen LogP contribution is 2.30. The van der Waals surface area contributed by atoms with Crippen LogP contribution in [0.3, 0.4) is 0 Å². The van der Waals surface area contributed by atoms with Crippen molar-refractivity contribution in [3.8, 4) is 11.3 Å². The van der Waals surface area contributed by atoms with Crippen LogP contribution in [0.4, 0.5) is 10.1 Å². The number of hydrogen-bond donors (Lipinski definition) is 0. The van der Waals surface area contributed by atoms with Crippen molar-refractivity contribution in [1.82, 2.24) is 14.8 Å². The predicted molar refractivity (Wildman–Crippen MR) is 117 cm³/mol. The Bertz CT molecular complexity index is 1250. The largest absolute Gasteiger partial charge is 0.309 e. The quantitative estimate of drug-likeness (QED) is 0.459. The Morgan fingerprint density at radius 1 is 1.10 bits per heavy atom. The van der Waals surface area contributed by atoms with Crippen LogP contribution in [0, 0.1) is 12.7 Å². The van der Waals surface area contributed by atoms with Gasteiger partial charge in [-0.3, -0.25) is 4.79 Å². The lowest BCUT2D eigenvalue weighted by atomic mass is 10.0. The molecule has 152 valence electrons. The molecule has 5 nitrogen and oxygen atoms in total. The maximum Gasteiger partial charge on any atom is 0.258 e. The number of aromatic nitrogens is 3. The van der Waals surface area contributed by atoms with Gasteiger partial charge in [0.1, 0.15) is 5.82 Å². The SMILES string of the molecule is Cc1ccccc1-c1cc(C(=O)N(C)c2ccccc2F)c2cnn(C(C)C)c2n1. The van der Waals surface area contributed by atoms with E-state index in [0.717, 1.165) is 11.1 Å². The average molecular weight is 402 g/mol. The summed E-state index contributed by atoms with van der Waals surface area (Å²) in [7, 11) is 1.58. The molecule has 0 bridgehead atoms. The van der Waals surface area contributed by atoms with E-state index in [1.807, 2.05) is 45.0 Å². The Kier molecular flexibility index (Phi) is 5.08. The van der Waals surface area contributed by atoms with Gasteiger partial charge in [-0.15, -0.1) is 0 Å². The molecule has 0 aliphatic carbocycles. The van der Waals surface area contributed by atoms with Crippen LogP contribution in [0.2, 0.25) is 0 Å². The van der Waals surface area contributed by atoms with Gasteiger partial charge >= 0.3 is 0 Å². The van der Waals surface area contributed by atoms with Crippen LogP contribution in [0.15, 0.2) is 60.8 Å². The summed E-state index contributed by atoms with van der Waals surface area (Å²) in [6.07, 6.45) is 1.66. The molecule has 1 amide bonds. The number of hydrogen-bond acceptors (Lipinski definition) is 3. The first kappa shape index (κ1) is 19.8. The fraction of sp³-hybridized carbons (Fsp3) is 0.208. The predicted octanol–water partition coefficient (Wildman–Crippen LogP) is 5.40. The Morgan fingerprint density at radius 2 is 1.80 bits per heavy atom. The molecule has 0 radical (unpaired) electrons. The van der Waals surface area contributed by atoms with E-state index in [2.05, 4.69) is 5.10 Å². The molecule has 2 aromatic carbocycles. The zero-order valence-corrected chi connectivity index (χ0v) is 17.4. The molecule has 30 heavy (non-hydrogen) atoms. The minimum atomic E-state index is -0.448. The third kappa shape index (κ3) is 3.34. The van der Waals surface area contributed by atoms with Gasteiger partial charge in [-0.1, -0.05) is 36.4 Å². The molecule has 0 saturated carbocycles. The van der Waals surface area contributed by atoms with Crippen molar-refractivity contribution >= 4 is 22.6 Å². The fourth-order valence-corrected chi connectivity index (χ4v) is 3.58. The molecule has 0 N–H and O–H groups in total. The summed E-state index contributed by atoms with van der Waals surface area (Å²) in [6, 6.07) is 16.0. The van der Waals surface area contributed by atoms with Gasteiger partial charge in [-0.05, 0) is 44.5 Å². The second kappa shape index (κ2) is 7.71. The van der Waals surface area contributed by atoms with E-state index in [1.165, 1.54) is 11.0 Å². The van der Waals surface area contributed by atoms with Crippen molar-refractivity contribution in [1.29, 1.82) is 0 Å². The van der Waals surface area contributed by atoms with Gasteiger partial charge in [-0.25, -0.2) is 14.1 Å². The average Bonchev–Trinajstić information content (AvgIpc) is 3.17. The van der Waals surface area contributed by atoms with Crippen molar-refractivity contribution in [2.45, 2.75) is 26.8 Å². The van der Waals surface area contributed by atoms with Crippen molar-refractivity contribution in [3.05, 3.63) is 77.7 Å². The number of benzene rings is 2. The summed E-state index contributed by atoms with van der Waals surface area (Å²) in [5.74, 6) is -0.763. The minimum absolute atomic E-state index is 0.0781. The molecule has 0 unspecified atom stereocenters. The van der Waals surface area contributed by atoms with Crippen molar-refractivity contribution in [2.75, 3.05) is 11.9 Å². The van der Waals surface area contributed by atoms with Crippen LogP contribution in [-0.4, -0.2) is 27.7 Å². The second-order valence-corrected chi connectivity index (χ2v) is 7.61. The Labute approximate surface area is 174 Å². The van der Waals surface area contributed by atoms with Gasteiger partial charge in [0, 0.05) is 18.7 Å². The van der Waals surface area contributed by atoms with Crippen LogP contribution in [-0.2, 0) is 0 Å². The zero-order valence-electron chi connectivity index (χ0n) is 17.4. The number of pyridine rings is 1. The van der Waals surface area contributed by atoms with Crippen molar-refractivity contribution < 1.29 is 9.18 Å². The van der Waals surface area contributed by atoms with Crippen molar-refractivity contribution in [2.24, 2.45) is 0 Å². The van der Waals surface area contributed by atoms with E-state index in [0.29, 0.717) is 22.3 Å². The molecule has 0 aliphatic rings. The number of aryl methyl sites for hydroxylation is 1. The van der Waals surface area contributed by atoms with Gasteiger partial charge in [0.2, 0.25) is 0 Å². The molecule has 0 spiro atoms. The molecule has 2 heterocycles. The maximum absolute atomic E-state index is 14.3. The van der Waals surface area contributed by atoms with Crippen LogP contribution < -0.4 is 4.90 Å². The first-order valence-corrected chi connectivity index (χ1v) is 9.85. The first-order valence-electron chi connectivity index (χ1n) is 9.85. The molecule has 4 rings (SSSR count). The molecule has 0 aliphatic heterocycles. The minimum Gasteiger partial charge on any atom is -0.309 e. The van der Waals surface area contributed by atoms with Crippen LogP contribution >= 0.6 is 0 Å². The molecule has 2 aromatic heterocycles. The molecule has 6 heteroatoms. The third-order valence-electron chi connectivity index (χ3n) is 5.23. The number of anilines is 1. The molecule has 0 atom stereocenters. The van der Waals surface area contributed by atoms with E-state index < -0.39 is 5.82 Å². The lowest BCUT2D eigenvalue weighted by Gasteiger charge is -2.19. The molecule has 4 aromatic rings. The number of rotatable bonds is 4. The summed E-state index contributed by atoms with van der Waals surface area (Å²) in [4.78, 5) is 19.6. The van der Waals surface area contributed by atoms with Gasteiger partial charge in [-0.2, -0.15) is 5.10 Å². The molecule has 0 saturated heterocycles. The van der Waals surface area contributed by atoms with Crippen LogP contribution in [0.5, 0.6) is 0 Å². The number of para-hydroxylation sites is 1. The standard InChI is InChI=1S/C24H23FN4O/c1-15(2)29-23-19(14-26-29)18(13-21(27-23)17-10-6-5-9-16(17)3)24(30)28(4)22-12-8-7-11-20(22)25/h5-15H,1-4H3. The maximum atomic E-state index is 14.3. The molecular weight excluding hydrogens is 379 g/mol. The van der Waals surface area contributed by atoms with Crippen LogP contribution in [0.25, 0.3) is 22.3 Å². The Morgan fingerprint density at radius 3 is 2.50 bits per heavy atom. The first-order chi connectivity index (χ1) is 14.4. The summed E-state index contributed by atoms with van der Waals surface area (Å²) in [5, 5.41) is 5.10. The van der Waals surface area contributed by atoms with Gasteiger partial charge in [0.15, 0.2) is 5.65 Å². The highest BCUT2D eigenvalue weighted by atomic mass is 19.1. The summed E-state index contributed by atoms with van der Waals surface area (Å²) >= 11 is 0. The van der Waals surface area contributed by atoms with Crippen molar-refractivity contribution in [3.63, 3.8) is 0 Å². The Hall–Kier alpha value is -3.54. The lowest BCUT2D eigenvalue weighted by molar-refractivity contribution is 0.0993. The molecular formula is C24H23FN4O. The summed E-state index contributed by atoms with van der Waals surface area (Å²) in [6.45, 7) is 6.04. The highest BCUT2D eigenvalue weighted by Gasteiger charge is 2.23. The number of nitrogens with zero attached hydrogens (tertiary/aromatic N) is 4. The van der Waals surface area contributed by atoms with E-state index in [4.69, 9.17) is 4.98 Å². The Balaban J connectivity index is 1.93. The molecule has 0 fully saturated rings. The van der Waals surface area contributed by atoms with Gasteiger partial charge < -0.3 is 4.90 Å². The van der Waals surface area contributed by atoms with Gasteiger partial charge in [0.25, 0.3) is 5.91 Å². The third-order valence-corrected chi connectivity index (χ3v) is 5.23. The normalized spacial score (nSPS) is 11.3. The summed E-state index contributed by atoms with van der Waals surface area (Å²) < 4.78 is 16.1. The number of carbonyl (C=O) groups excluding carboxylic acids is 1. The highest BCUT2D eigenvalue weighted by molar-refractivity contribution is 6.13. The van der Waals surface area contributed by atoms with Crippen LogP contribution in [0.1, 0.15) is 35.8 Å². The topological polar surface area (TPSA) is 51.0 Å². The van der Waals surface area contributed by atoms with E-state index >= 15 is 0 Å². The smallest absolute Gasteiger partial charge is 0.258 e. The fourth-order valence-electron chi connectivity index (χ4n) is 3.58.